The first-order chi connectivity index (χ1) is 11.9. The van der Waals surface area contributed by atoms with Crippen LogP contribution in [0.1, 0.15) is 38.7 Å². The number of hydrogen-bond donors (Lipinski definition) is 1. The topological polar surface area (TPSA) is 49.4 Å². The number of halogens is 1. The van der Waals surface area contributed by atoms with Crippen LogP contribution in [0.15, 0.2) is 48.5 Å². The molecule has 2 amide bonds. The van der Waals surface area contributed by atoms with Crippen LogP contribution in [0.4, 0.5) is 11.4 Å². The third-order valence-electron chi connectivity index (χ3n) is 3.92. The van der Waals surface area contributed by atoms with Gasteiger partial charge in [0.05, 0.1) is 0 Å². The standard InChI is InChI=1S/C20H23ClN2O2/c1-14(2)16-7-9-18(10-8-16)22-20(25)11-12-23(15(3)24)19-6-4-5-17(21)13-19/h4-10,13-14H,11-12H2,1-3H3,(H,22,25). The molecule has 0 saturated heterocycles. The van der Waals surface area contributed by atoms with E-state index in [-0.39, 0.29) is 18.2 Å². The molecular formula is C20H23ClN2O2. The average molecular weight is 359 g/mol. The zero-order chi connectivity index (χ0) is 18.4. The van der Waals surface area contributed by atoms with E-state index < -0.39 is 0 Å². The average Bonchev–Trinajstić information content (AvgIpc) is 2.55. The molecule has 0 aliphatic heterocycles. The summed E-state index contributed by atoms with van der Waals surface area (Å²) < 4.78 is 0. The summed E-state index contributed by atoms with van der Waals surface area (Å²) in [5.74, 6) is 0.188. The van der Waals surface area contributed by atoms with E-state index in [1.165, 1.54) is 12.5 Å². The van der Waals surface area contributed by atoms with Crippen LogP contribution in [0, 0.1) is 0 Å². The second-order valence-corrected chi connectivity index (χ2v) is 6.66. The van der Waals surface area contributed by atoms with Crippen LogP contribution >= 0.6 is 11.6 Å². The fourth-order valence-electron chi connectivity index (χ4n) is 2.50. The Kier molecular flexibility index (Phi) is 6.59. The van der Waals surface area contributed by atoms with Crippen molar-refractivity contribution in [1.29, 1.82) is 0 Å². The highest BCUT2D eigenvalue weighted by molar-refractivity contribution is 6.30. The molecule has 1 N–H and O–H groups in total. The van der Waals surface area contributed by atoms with Crippen LogP contribution in [0.5, 0.6) is 0 Å². The fraction of sp³-hybridized carbons (Fsp3) is 0.300. The number of rotatable bonds is 6. The Hall–Kier alpha value is -2.33. The fourth-order valence-corrected chi connectivity index (χ4v) is 2.69. The molecule has 0 spiro atoms. The van der Waals surface area contributed by atoms with Crippen LogP contribution in [0.2, 0.25) is 5.02 Å². The number of hydrogen-bond acceptors (Lipinski definition) is 2. The van der Waals surface area contributed by atoms with E-state index in [9.17, 15) is 9.59 Å². The Balaban J connectivity index is 1.96. The molecule has 2 aromatic rings. The van der Waals surface area contributed by atoms with Gasteiger partial charge in [-0.1, -0.05) is 43.6 Å². The van der Waals surface area contributed by atoms with Gasteiger partial charge < -0.3 is 10.2 Å². The Morgan fingerprint density at radius 1 is 1.12 bits per heavy atom. The summed E-state index contributed by atoms with van der Waals surface area (Å²) in [6.07, 6.45) is 0.206. The van der Waals surface area contributed by atoms with Gasteiger partial charge in [-0.2, -0.15) is 0 Å². The predicted molar refractivity (Wildman–Crippen MR) is 103 cm³/mol. The normalized spacial score (nSPS) is 10.6. The quantitative estimate of drug-likeness (QED) is 0.802. The number of carbonyl (C=O) groups is 2. The minimum atomic E-state index is -0.134. The molecule has 132 valence electrons. The van der Waals surface area contributed by atoms with Gasteiger partial charge >= 0.3 is 0 Å². The number of amides is 2. The van der Waals surface area contributed by atoms with Crippen LogP contribution < -0.4 is 10.2 Å². The number of anilines is 2. The molecule has 0 radical (unpaired) electrons. The van der Waals surface area contributed by atoms with Crippen molar-refractivity contribution in [3.8, 4) is 0 Å². The van der Waals surface area contributed by atoms with Gasteiger partial charge in [-0.05, 0) is 41.8 Å². The minimum absolute atomic E-state index is 0.128. The van der Waals surface area contributed by atoms with Crippen molar-refractivity contribution < 1.29 is 9.59 Å². The van der Waals surface area contributed by atoms with Crippen molar-refractivity contribution in [1.82, 2.24) is 0 Å². The minimum Gasteiger partial charge on any atom is -0.326 e. The second kappa shape index (κ2) is 8.67. The van der Waals surface area contributed by atoms with E-state index in [1.54, 1.807) is 29.2 Å². The maximum absolute atomic E-state index is 12.2. The highest BCUT2D eigenvalue weighted by Gasteiger charge is 2.14. The summed E-state index contributed by atoms with van der Waals surface area (Å²) >= 11 is 5.98. The first-order valence-corrected chi connectivity index (χ1v) is 8.68. The van der Waals surface area contributed by atoms with E-state index in [2.05, 4.69) is 19.2 Å². The highest BCUT2D eigenvalue weighted by Crippen LogP contribution is 2.20. The van der Waals surface area contributed by atoms with Gasteiger partial charge in [0.1, 0.15) is 0 Å². The number of carbonyl (C=O) groups excluding carboxylic acids is 2. The van der Waals surface area contributed by atoms with E-state index in [0.717, 1.165) is 5.69 Å². The first kappa shape index (κ1) is 19.0. The lowest BCUT2D eigenvalue weighted by Gasteiger charge is -2.21. The molecule has 2 aromatic carbocycles. The first-order valence-electron chi connectivity index (χ1n) is 8.30. The summed E-state index contributed by atoms with van der Waals surface area (Å²) in [7, 11) is 0. The van der Waals surface area contributed by atoms with Crippen molar-refractivity contribution in [2.24, 2.45) is 0 Å². The van der Waals surface area contributed by atoms with Crippen LogP contribution in [-0.2, 0) is 9.59 Å². The lowest BCUT2D eigenvalue weighted by atomic mass is 10.0. The molecular weight excluding hydrogens is 336 g/mol. The second-order valence-electron chi connectivity index (χ2n) is 6.23. The predicted octanol–water partition coefficient (Wildman–Crippen LogP) is 4.85. The van der Waals surface area contributed by atoms with Gasteiger partial charge in [0, 0.05) is 36.3 Å². The van der Waals surface area contributed by atoms with Gasteiger partial charge in [0.25, 0.3) is 0 Å². The van der Waals surface area contributed by atoms with Gasteiger partial charge in [-0.3, -0.25) is 9.59 Å². The molecule has 5 heteroatoms. The summed E-state index contributed by atoms with van der Waals surface area (Å²) in [6, 6.07) is 14.9. The molecule has 25 heavy (non-hydrogen) atoms. The lowest BCUT2D eigenvalue weighted by molar-refractivity contribution is -0.117. The van der Waals surface area contributed by atoms with Gasteiger partial charge in [0.2, 0.25) is 11.8 Å². The molecule has 0 aromatic heterocycles. The third kappa shape index (κ3) is 5.61. The van der Waals surface area contributed by atoms with Crippen molar-refractivity contribution >= 4 is 34.8 Å². The third-order valence-corrected chi connectivity index (χ3v) is 4.16. The molecule has 0 fully saturated rings. The maximum atomic E-state index is 12.2. The van der Waals surface area contributed by atoms with E-state index in [0.29, 0.717) is 23.2 Å². The zero-order valence-electron chi connectivity index (χ0n) is 14.8. The zero-order valence-corrected chi connectivity index (χ0v) is 15.5. The molecule has 0 atom stereocenters. The molecule has 2 rings (SSSR count). The van der Waals surface area contributed by atoms with E-state index in [1.807, 2.05) is 24.3 Å². The largest absolute Gasteiger partial charge is 0.326 e. The van der Waals surface area contributed by atoms with E-state index >= 15 is 0 Å². The molecule has 0 unspecified atom stereocenters. The van der Waals surface area contributed by atoms with Crippen molar-refractivity contribution in [3.63, 3.8) is 0 Å². The molecule has 0 heterocycles. The van der Waals surface area contributed by atoms with Crippen molar-refractivity contribution in [3.05, 3.63) is 59.1 Å². The molecule has 0 saturated carbocycles. The monoisotopic (exact) mass is 358 g/mol. The van der Waals surface area contributed by atoms with Gasteiger partial charge in [-0.15, -0.1) is 0 Å². The molecule has 0 aliphatic rings. The summed E-state index contributed by atoms with van der Waals surface area (Å²) in [6.45, 7) is 6.02. The van der Waals surface area contributed by atoms with Gasteiger partial charge in [-0.25, -0.2) is 0 Å². The van der Waals surface area contributed by atoms with Gasteiger partial charge in [0.15, 0.2) is 0 Å². The highest BCUT2D eigenvalue weighted by atomic mass is 35.5. The summed E-state index contributed by atoms with van der Waals surface area (Å²) in [5.41, 5.74) is 2.67. The number of benzene rings is 2. The van der Waals surface area contributed by atoms with E-state index in [4.69, 9.17) is 11.6 Å². The molecule has 0 bridgehead atoms. The number of nitrogens with zero attached hydrogens (tertiary/aromatic N) is 1. The molecule has 0 aliphatic carbocycles. The van der Waals surface area contributed by atoms with Crippen LogP contribution in [0.3, 0.4) is 0 Å². The Morgan fingerprint density at radius 3 is 2.36 bits per heavy atom. The summed E-state index contributed by atoms with van der Waals surface area (Å²) in [5, 5.41) is 3.42. The maximum Gasteiger partial charge on any atom is 0.226 e. The Bertz CT molecular complexity index is 742. The Labute approximate surface area is 153 Å². The van der Waals surface area contributed by atoms with Crippen molar-refractivity contribution in [2.45, 2.75) is 33.1 Å². The lowest BCUT2D eigenvalue weighted by Crippen LogP contribution is -2.31. The smallest absolute Gasteiger partial charge is 0.226 e. The SMILES string of the molecule is CC(=O)N(CCC(=O)Nc1ccc(C(C)C)cc1)c1cccc(Cl)c1. The van der Waals surface area contributed by atoms with Crippen molar-refractivity contribution in [2.75, 3.05) is 16.8 Å². The van der Waals surface area contributed by atoms with Crippen LogP contribution in [-0.4, -0.2) is 18.4 Å². The molecule has 4 nitrogen and oxygen atoms in total. The van der Waals surface area contributed by atoms with Crippen LogP contribution in [0.25, 0.3) is 0 Å². The summed E-state index contributed by atoms with van der Waals surface area (Å²) in [4.78, 5) is 25.6. The number of nitrogens with one attached hydrogen (secondary N) is 1. The Morgan fingerprint density at radius 2 is 1.80 bits per heavy atom.